The molecule has 0 spiro atoms. The van der Waals surface area contributed by atoms with Gasteiger partial charge < -0.3 is 5.32 Å². The molecule has 0 aliphatic heterocycles. The number of hydrogen-bond acceptors (Lipinski definition) is 2. The minimum absolute atomic E-state index is 0.0610. The third-order valence-electron chi connectivity index (χ3n) is 1.52. The van der Waals surface area contributed by atoms with Gasteiger partial charge in [-0.05, 0) is 0 Å². The molecule has 0 saturated heterocycles. The lowest BCUT2D eigenvalue weighted by Gasteiger charge is -2.07. The Bertz CT molecular complexity index is 352. The van der Waals surface area contributed by atoms with Crippen molar-refractivity contribution in [2.75, 3.05) is 12.4 Å². The van der Waals surface area contributed by atoms with Crippen molar-refractivity contribution in [3.63, 3.8) is 0 Å². The zero-order valence-corrected chi connectivity index (χ0v) is 8.38. The number of nitrogens with zero attached hydrogens (tertiary/aromatic N) is 1. The van der Waals surface area contributed by atoms with E-state index >= 15 is 0 Å². The largest absolute Gasteiger partial charge is 0.373 e. The van der Waals surface area contributed by atoms with Crippen LogP contribution >= 0.6 is 23.2 Å². The van der Waals surface area contributed by atoms with Crippen molar-refractivity contribution in [1.82, 2.24) is 4.98 Å². The molecule has 0 bridgehead atoms. The van der Waals surface area contributed by atoms with E-state index in [1.54, 1.807) is 7.05 Å². The standard InChI is InChI=1S/C8H7Cl2FN2/c1-3-4-6(11)5(9)7(10)13-8(4)12-2/h3H,1H2,2H3,(H,12,13). The van der Waals surface area contributed by atoms with Crippen LogP contribution < -0.4 is 5.32 Å². The maximum atomic E-state index is 13.3. The highest BCUT2D eigenvalue weighted by atomic mass is 35.5. The lowest BCUT2D eigenvalue weighted by atomic mass is 10.2. The second-order valence-electron chi connectivity index (χ2n) is 2.25. The maximum absolute atomic E-state index is 13.3. The summed E-state index contributed by atoms with van der Waals surface area (Å²) in [5.41, 5.74) is 0.219. The zero-order chi connectivity index (χ0) is 10.0. The van der Waals surface area contributed by atoms with Gasteiger partial charge in [-0.3, -0.25) is 0 Å². The molecule has 0 aliphatic rings. The Hall–Kier alpha value is -0.800. The van der Waals surface area contributed by atoms with Crippen LogP contribution in [0.4, 0.5) is 10.2 Å². The van der Waals surface area contributed by atoms with Gasteiger partial charge >= 0.3 is 0 Å². The van der Waals surface area contributed by atoms with E-state index in [-0.39, 0.29) is 15.7 Å². The van der Waals surface area contributed by atoms with Gasteiger partial charge in [-0.15, -0.1) is 0 Å². The molecule has 0 aromatic carbocycles. The van der Waals surface area contributed by atoms with E-state index in [1.807, 2.05) is 0 Å². The fourth-order valence-electron chi connectivity index (χ4n) is 0.897. The molecule has 0 atom stereocenters. The van der Waals surface area contributed by atoms with Crippen LogP contribution in [0.25, 0.3) is 6.08 Å². The highest BCUT2D eigenvalue weighted by Crippen LogP contribution is 2.30. The van der Waals surface area contributed by atoms with Crippen molar-refractivity contribution in [1.29, 1.82) is 0 Å². The molecular formula is C8H7Cl2FN2. The molecule has 1 aromatic heterocycles. The average Bonchev–Trinajstić information content (AvgIpc) is 2.13. The van der Waals surface area contributed by atoms with Gasteiger partial charge in [0.05, 0.1) is 5.56 Å². The number of aromatic nitrogens is 1. The van der Waals surface area contributed by atoms with Crippen LogP contribution in [0.1, 0.15) is 5.56 Å². The number of pyridine rings is 1. The first kappa shape index (κ1) is 10.3. The molecule has 0 fully saturated rings. The van der Waals surface area contributed by atoms with E-state index < -0.39 is 5.82 Å². The first-order chi connectivity index (χ1) is 6.11. The number of nitrogens with one attached hydrogen (secondary N) is 1. The van der Waals surface area contributed by atoms with Crippen LogP contribution in [-0.4, -0.2) is 12.0 Å². The maximum Gasteiger partial charge on any atom is 0.155 e. The van der Waals surface area contributed by atoms with Crippen LogP contribution in [-0.2, 0) is 0 Å². The van der Waals surface area contributed by atoms with Gasteiger partial charge in [0, 0.05) is 7.05 Å². The Morgan fingerprint density at radius 2 is 2.15 bits per heavy atom. The second kappa shape index (κ2) is 3.94. The number of hydrogen-bond donors (Lipinski definition) is 1. The second-order valence-corrected chi connectivity index (χ2v) is 2.98. The minimum Gasteiger partial charge on any atom is -0.373 e. The molecule has 1 heterocycles. The van der Waals surface area contributed by atoms with Crippen molar-refractivity contribution < 1.29 is 4.39 Å². The Labute approximate surface area is 85.4 Å². The molecule has 0 aliphatic carbocycles. The van der Waals surface area contributed by atoms with Crippen LogP contribution in [0.2, 0.25) is 10.2 Å². The van der Waals surface area contributed by atoms with E-state index in [9.17, 15) is 4.39 Å². The number of anilines is 1. The van der Waals surface area contributed by atoms with E-state index in [4.69, 9.17) is 23.2 Å². The molecule has 5 heteroatoms. The Balaban J connectivity index is 3.47. The summed E-state index contributed by atoms with van der Waals surface area (Å²) >= 11 is 11.1. The van der Waals surface area contributed by atoms with Gasteiger partial charge in [0.2, 0.25) is 0 Å². The van der Waals surface area contributed by atoms with E-state index in [0.29, 0.717) is 5.82 Å². The van der Waals surface area contributed by atoms with Crippen molar-refractivity contribution in [2.45, 2.75) is 0 Å². The first-order valence-corrected chi connectivity index (χ1v) is 4.22. The molecule has 0 radical (unpaired) electrons. The van der Waals surface area contributed by atoms with Crippen LogP contribution in [0.15, 0.2) is 6.58 Å². The quantitative estimate of drug-likeness (QED) is 0.775. The van der Waals surface area contributed by atoms with Crippen LogP contribution in [0.5, 0.6) is 0 Å². The Morgan fingerprint density at radius 1 is 1.54 bits per heavy atom. The lowest BCUT2D eigenvalue weighted by Crippen LogP contribution is -1.99. The zero-order valence-electron chi connectivity index (χ0n) is 6.87. The minimum atomic E-state index is -0.610. The fraction of sp³-hybridized carbons (Fsp3) is 0.125. The molecule has 0 unspecified atom stereocenters. The topological polar surface area (TPSA) is 24.9 Å². The summed E-state index contributed by atoms with van der Waals surface area (Å²) in [7, 11) is 1.61. The monoisotopic (exact) mass is 220 g/mol. The summed E-state index contributed by atoms with van der Waals surface area (Å²) in [6.45, 7) is 3.45. The average molecular weight is 221 g/mol. The summed E-state index contributed by atoms with van der Waals surface area (Å²) in [4.78, 5) is 3.83. The summed E-state index contributed by atoms with van der Waals surface area (Å²) < 4.78 is 13.3. The SMILES string of the molecule is C=Cc1c(NC)nc(Cl)c(Cl)c1F. The highest BCUT2D eigenvalue weighted by molar-refractivity contribution is 6.41. The molecule has 70 valence electrons. The summed E-state index contributed by atoms with van der Waals surface area (Å²) in [6, 6.07) is 0. The summed E-state index contributed by atoms with van der Waals surface area (Å²) in [5, 5.41) is 2.44. The van der Waals surface area contributed by atoms with Crippen molar-refractivity contribution in [3.05, 3.63) is 28.1 Å². The number of rotatable bonds is 2. The molecule has 2 nitrogen and oxygen atoms in total. The van der Waals surface area contributed by atoms with Gasteiger partial charge in [0.1, 0.15) is 10.8 Å². The van der Waals surface area contributed by atoms with E-state index in [1.165, 1.54) is 6.08 Å². The molecule has 0 saturated carbocycles. The molecule has 1 N–H and O–H groups in total. The third kappa shape index (κ3) is 1.76. The van der Waals surface area contributed by atoms with Gasteiger partial charge in [-0.2, -0.15) is 0 Å². The van der Waals surface area contributed by atoms with Crippen molar-refractivity contribution in [2.24, 2.45) is 0 Å². The van der Waals surface area contributed by atoms with Crippen molar-refractivity contribution >= 4 is 35.1 Å². The van der Waals surface area contributed by atoms with E-state index in [0.717, 1.165) is 0 Å². The fourth-order valence-corrected chi connectivity index (χ4v) is 1.21. The van der Waals surface area contributed by atoms with Gasteiger partial charge in [-0.1, -0.05) is 35.9 Å². The Kier molecular flexibility index (Phi) is 3.12. The smallest absolute Gasteiger partial charge is 0.155 e. The summed E-state index contributed by atoms with van der Waals surface area (Å²) in [5.74, 6) is -0.289. The molecule has 1 rings (SSSR count). The highest BCUT2D eigenvalue weighted by Gasteiger charge is 2.14. The number of halogens is 3. The normalized spacial score (nSPS) is 9.85. The third-order valence-corrected chi connectivity index (χ3v) is 2.23. The van der Waals surface area contributed by atoms with Gasteiger partial charge in [0.15, 0.2) is 11.0 Å². The predicted octanol–water partition coefficient (Wildman–Crippen LogP) is 3.21. The first-order valence-electron chi connectivity index (χ1n) is 3.46. The molecule has 1 aromatic rings. The molecule has 0 amide bonds. The lowest BCUT2D eigenvalue weighted by molar-refractivity contribution is 0.624. The predicted molar refractivity (Wildman–Crippen MR) is 53.9 cm³/mol. The van der Waals surface area contributed by atoms with Crippen molar-refractivity contribution in [3.8, 4) is 0 Å². The molecule has 13 heavy (non-hydrogen) atoms. The van der Waals surface area contributed by atoms with Gasteiger partial charge in [0.25, 0.3) is 0 Å². The summed E-state index contributed by atoms with van der Waals surface area (Å²) in [6.07, 6.45) is 1.33. The van der Waals surface area contributed by atoms with E-state index in [2.05, 4.69) is 16.9 Å². The van der Waals surface area contributed by atoms with Gasteiger partial charge in [-0.25, -0.2) is 9.37 Å². The van der Waals surface area contributed by atoms with Crippen LogP contribution in [0.3, 0.4) is 0 Å². The Morgan fingerprint density at radius 3 is 2.62 bits per heavy atom. The molecular weight excluding hydrogens is 214 g/mol. The van der Waals surface area contributed by atoms with Crippen LogP contribution in [0, 0.1) is 5.82 Å².